The number of ether oxygens (including phenoxy) is 1. The molecule has 8 heteroatoms. The molecule has 3 atom stereocenters. The van der Waals surface area contributed by atoms with Crippen LogP contribution in [-0.2, 0) is 23.7 Å². The lowest BCUT2D eigenvalue weighted by Gasteiger charge is -2.55. The summed E-state index contributed by atoms with van der Waals surface area (Å²) < 4.78 is 86.8. The molecule has 0 aromatic heterocycles. The smallest absolute Gasteiger partial charge is 0.372 e. The highest BCUT2D eigenvalue weighted by Gasteiger charge is 2.48. The first-order valence-electron chi connectivity index (χ1n) is 13.3. The van der Waals surface area contributed by atoms with E-state index >= 15 is 0 Å². The molecule has 0 amide bonds. The van der Waals surface area contributed by atoms with Gasteiger partial charge in [0, 0.05) is 12.0 Å². The maximum absolute atomic E-state index is 13.4. The fraction of sp³-hybridized carbons (Fsp3) is 0.586. The van der Waals surface area contributed by atoms with Gasteiger partial charge >= 0.3 is 12.4 Å². The average Bonchev–Trinajstić information content (AvgIpc) is 2.89. The molecule has 1 saturated carbocycles. The van der Waals surface area contributed by atoms with E-state index in [1.165, 1.54) is 24.8 Å². The maximum atomic E-state index is 13.4. The summed E-state index contributed by atoms with van der Waals surface area (Å²) in [6.45, 7) is 1.63. The molecule has 0 spiro atoms. The monoisotopic (exact) mass is 525 g/mol. The highest BCUT2D eigenvalue weighted by atomic mass is 19.4. The molecule has 2 aromatic carbocycles. The number of hydrogen-bond donors (Lipinski definition) is 0. The van der Waals surface area contributed by atoms with Crippen LogP contribution in [0, 0.1) is 11.8 Å². The van der Waals surface area contributed by atoms with Crippen molar-refractivity contribution in [3.05, 3.63) is 70.8 Å². The van der Waals surface area contributed by atoms with Gasteiger partial charge in [-0.3, -0.25) is 4.90 Å². The van der Waals surface area contributed by atoms with Gasteiger partial charge in [-0.15, -0.1) is 0 Å². The molecule has 202 valence electrons. The van der Waals surface area contributed by atoms with E-state index in [9.17, 15) is 26.3 Å². The van der Waals surface area contributed by atoms with Gasteiger partial charge in [-0.25, -0.2) is 0 Å². The van der Waals surface area contributed by atoms with Crippen molar-refractivity contribution in [1.29, 1.82) is 0 Å². The van der Waals surface area contributed by atoms with Crippen LogP contribution in [0.2, 0.25) is 0 Å². The van der Waals surface area contributed by atoms with Crippen LogP contribution in [0.5, 0.6) is 0 Å². The number of piperidine rings is 3. The van der Waals surface area contributed by atoms with Gasteiger partial charge in [0.2, 0.25) is 0 Å². The van der Waals surface area contributed by atoms with E-state index in [0.717, 1.165) is 50.9 Å². The topological polar surface area (TPSA) is 12.5 Å². The second-order valence-electron chi connectivity index (χ2n) is 10.9. The third-order valence-electron chi connectivity index (χ3n) is 8.60. The zero-order valence-electron chi connectivity index (χ0n) is 20.7. The van der Waals surface area contributed by atoms with Gasteiger partial charge in [-0.1, -0.05) is 49.6 Å². The molecular weight excluding hydrogens is 492 g/mol. The molecule has 6 rings (SSSR count). The Morgan fingerprint density at radius 2 is 1.38 bits per heavy atom. The quantitative estimate of drug-likeness (QED) is 0.354. The van der Waals surface area contributed by atoms with Gasteiger partial charge in [0.15, 0.2) is 0 Å². The molecule has 3 saturated heterocycles. The second kappa shape index (κ2) is 10.6. The molecule has 37 heavy (non-hydrogen) atoms. The molecule has 1 aliphatic carbocycles. The standard InChI is InChI=1S/C29H33F6NO/c30-28(31,32)23-15-19(16-24(17-23)29(33,34)35)18-37-27-22-11-13-36(14-12-22)26(27)25(20-7-3-1-4-8-20)21-9-5-2-6-10-21/h1,3-4,7-8,15-17,21-22,25-27H,2,5-6,9-14,18H2. The number of hydrogen-bond acceptors (Lipinski definition) is 2. The molecule has 0 N–H and O–H groups in total. The molecule has 2 bridgehead atoms. The Balaban J connectivity index is 1.45. The molecule has 2 nitrogen and oxygen atoms in total. The van der Waals surface area contributed by atoms with E-state index in [4.69, 9.17) is 4.74 Å². The van der Waals surface area contributed by atoms with Gasteiger partial charge in [-0.2, -0.15) is 26.3 Å². The molecular formula is C29H33F6NO. The van der Waals surface area contributed by atoms with Gasteiger partial charge < -0.3 is 4.74 Å². The number of benzene rings is 2. The zero-order chi connectivity index (χ0) is 26.2. The summed E-state index contributed by atoms with van der Waals surface area (Å²) in [4.78, 5) is 2.46. The lowest BCUT2D eigenvalue weighted by molar-refractivity contribution is -0.143. The summed E-state index contributed by atoms with van der Waals surface area (Å²) in [5, 5.41) is 0. The van der Waals surface area contributed by atoms with Crippen molar-refractivity contribution < 1.29 is 31.1 Å². The lowest BCUT2D eigenvalue weighted by atomic mass is 9.67. The van der Waals surface area contributed by atoms with Crippen LogP contribution in [0.3, 0.4) is 0 Å². The number of nitrogens with zero attached hydrogens (tertiary/aromatic N) is 1. The van der Waals surface area contributed by atoms with Gasteiger partial charge in [0.25, 0.3) is 0 Å². The minimum absolute atomic E-state index is 0.0610. The number of halogens is 6. The first-order valence-corrected chi connectivity index (χ1v) is 13.3. The normalized spacial score (nSPS) is 27.8. The molecule has 2 aromatic rings. The number of alkyl halides is 6. The zero-order valence-corrected chi connectivity index (χ0v) is 20.7. The van der Waals surface area contributed by atoms with Crippen molar-refractivity contribution in [3.8, 4) is 0 Å². The first-order chi connectivity index (χ1) is 17.6. The van der Waals surface area contributed by atoms with Crippen LogP contribution in [0.1, 0.15) is 73.1 Å². The predicted octanol–water partition coefficient (Wildman–Crippen LogP) is 8.07. The third-order valence-corrected chi connectivity index (χ3v) is 8.60. The summed E-state index contributed by atoms with van der Waals surface area (Å²) in [7, 11) is 0. The third kappa shape index (κ3) is 5.85. The lowest BCUT2D eigenvalue weighted by Crippen LogP contribution is -2.61. The predicted molar refractivity (Wildman–Crippen MR) is 129 cm³/mol. The molecule has 3 heterocycles. The van der Waals surface area contributed by atoms with E-state index in [1.807, 2.05) is 18.2 Å². The van der Waals surface area contributed by atoms with Crippen molar-refractivity contribution in [2.75, 3.05) is 13.1 Å². The van der Waals surface area contributed by atoms with E-state index in [2.05, 4.69) is 17.0 Å². The van der Waals surface area contributed by atoms with E-state index in [-0.39, 0.29) is 42.2 Å². The largest absolute Gasteiger partial charge is 0.416 e. The van der Waals surface area contributed by atoms with E-state index in [0.29, 0.717) is 5.92 Å². The Hall–Kier alpha value is -2.06. The van der Waals surface area contributed by atoms with Crippen molar-refractivity contribution in [3.63, 3.8) is 0 Å². The van der Waals surface area contributed by atoms with Crippen molar-refractivity contribution in [1.82, 2.24) is 4.90 Å². The van der Waals surface area contributed by atoms with Crippen LogP contribution < -0.4 is 0 Å². The van der Waals surface area contributed by atoms with Crippen molar-refractivity contribution in [2.45, 2.75) is 82.0 Å². The molecule has 0 radical (unpaired) electrons. The van der Waals surface area contributed by atoms with Gasteiger partial charge in [0.05, 0.1) is 23.8 Å². The van der Waals surface area contributed by atoms with Crippen LogP contribution in [-0.4, -0.2) is 30.1 Å². The summed E-state index contributed by atoms with van der Waals surface area (Å²) in [5.41, 5.74) is -1.43. The number of rotatable bonds is 6. The fourth-order valence-electron chi connectivity index (χ4n) is 6.91. The fourth-order valence-corrected chi connectivity index (χ4v) is 6.91. The summed E-state index contributed by atoms with van der Waals surface area (Å²) >= 11 is 0. The van der Waals surface area contributed by atoms with Crippen LogP contribution in [0.25, 0.3) is 0 Å². The summed E-state index contributed by atoms with van der Waals surface area (Å²) in [6, 6.07) is 12.2. The SMILES string of the molecule is FC(F)(F)c1cc(COC2C3CCN(CC3)C2C(c2ccccc2)C2CCCCC2)cc(C(F)(F)F)c1. The Bertz CT molecular complexity index is 1010. The highest BCUT2D eigenvalue weighted by Crippen LogP contribution is 2.47. The Morgan fingerprint density at radius 1 is 0.784 bits per heavy atom. The minimum Gasteiger partial charge on any atom is -0.372 e. The van der Waals surface area contributed by atoms with Crippen LogP contribution in [0.15, 0.2) is 48.5 Å². The van der Waals surface area contributed by atoms with Crippen LogP contribution in [0.4, 0.5) is 26.3 Å². The van der Waals surface area contributed by atoms with Gasteiger partial charge in [0.1, 0.15) is 0 Å². The molecule has 3 aliphatic heterocycles. The molecule has 4 fully saturated rings. The van der Waals surface area contributed by atoms with Crippen molar-refractivity contribution in [2.24, 2.45) is 11.8 Å². The molecule has 3 unspecified atom stereocenters. The summed E-state index contributed by atoms with van der Waals surface area (Å²) in [5.74, 6) is 0.955. The minimum atomic E-state index is -4.87. The second-order valence-corrected chi connectivity index (χ2v) is 10.9. The van der Waals surface area contributed by atoms with E-state index in [1.54, 1.807) is 0 Å². The highest BCUT2D eigenvalue weighted by molar-refractivity contribution is 5.33. The Kier molecular flexibility index (Phi) is 7.60. The summed E-state index contributed by atoms with van der Waals surface area (Å²) in [6.07, 6.45) is -2.26. The first kappa shape index (κ1) is 26.5. The average molecular weight is 526 g/mol. The Morgan fingerprint density at radius 3 is 1.95 bits per heavy atom. The molecule has 4 aliphatic rings. The van der Waals surface area contributed by atoms with Gasteiger partial charge in [-0.05, 0) is 79.9 Å². The van der Waals surface area contributed by atoms with Crippen molar-refractivity contribution >= 4 is 0 Å². The van der Waals surface area contributed by atoms with Crippen LogP contribution >= 0.6 is 0 Å². The Labute approximate surface area is 214 Å². The number of fused-ring (bicyclic) bond motifs is 3. The maximum Gasteiger partial charge on any atom is 0.416 e. The van der Waals surface area contributed by atoms with E-state index < -0.39 is 23.5 Å².